The molecule has 1 aliphatic carbocycles. The van der Waals surface area contributed by atoms with Crippen LogP contribution in [0.3, 0.4) is 0 Å². The number of rotatable bonds is 4. The fourth-order valence-corrected chi connectivity index (χ4v) is 4.62. The van der Waals surface area contributed by atoms with Gasteiger partial charge < -0.3 is 5.11 Å². The van der Waals surface area contributed by atoms with Gasteiger partial charge in [0.1, 0.15) is 12.3 Å². The molecule has 8 nitrogen and oxygen atoms in total. The molecule has 1 aromatic carbocycles. The number of carbonyl (C=O) groups excluding carboxylic acids is 1. The SMILES string of the molecule is CC1CCc2c(sc3nnn(CC(=O)N/N=C\c4ccc(O)cc4)c(=O)c23)C1. The summed E-state index contributed by atoms with van der Waals surface area (Å²) in [5.41, 5.74) is 3.88. The molecular weight excluding hydrogens is 378 g/mol. The van der Waals surface area contributed by atoms with E-state index >= 15 is 0 Å². The predicted molar refractivity (Wildman–Crippen MR) is 107 cm³/mol. The van der Waals surface area contributed by atoms with E-state index in [2.05, 4.69) is 27.8 Å². The second-order valence-corrected chi connectivity index (χ2v) is 8.05. The molecule has 0 fully saturated rings. The van der Waals surface area contributed by atoms with Crippen molar-refractivity contribution in [2.24, 2.45) is 11.0 Å². The van der Waals surface area contributed by atoms with E-state index in [0.29, 0.717) is 16.1 Å². The zero-order chi connectivity index (χ0) is 19.7. The lowest BCUT2D eigenvalue weighted by atomic mass is 9.89. The van der Waals surface area contributed by atoms with Gasteiger partial charge in [-0.1, -0.05) is 12.1 Å². The number of hydrogen-bond donors (Lipinski definition) is 2. The number of phenols is 1. The zero-order valence-corrected chi connectivity index (χ0v) is 16.1. The third-order valence-corrected chi connectivity index (χ3v) is 5.91. The quantitative estimate of drug-likeness (QED) is 0.516. The molecular formula is C19H19N5O3S. The molecule has 2 N–H and O–H groups in total. The Bertz CT molecular complexity index is 1120. The van der Waals surface area contributed by atoms with Crippen LogP contribution in [-0.2, 0) is 24.2 Å². The molecule has 2 heterocycles. The number of fused-ring (bicyclic) bond motifs is 3. The number of aromatic hydroxyl groups is 1. The highest BCUT2D eigenvalue weighted by molar-refractivity contribution is 7.18. The van der Waals surface area contributed by atoms with Crippen molar-refractivity contribution in [3.05, 3.63) is 50.6 Å². The normalized spacial score (nSPS) is 16.4. The molecule has 0 saturated carbocycles. The van der Waals surface area contributed by atoms with Crippen molar-refractivity contribution in [3.63, 3.8) is 0 Å². The van der Waals surface area contributed by atoms with Crippen molar-refractivity contribution in [2.45, 2.75) is 32.7 Å². The fraction of sp³-hybridized carbons (Fsp3) is 0.316. The summed E-state index contributed by atoms with van der Waals surface area (Å²) in [5, 5.41) is 21.8. The van der Waals surface area contributed by atoms with Crippen LogP contribution < -0.4 is 11.0 Å². The zero-order valence-electron chi connectivity index (χ0n) is 15.3. The van der Waals surface area contributed by atoms with Gasteiger partial charge in [-0.15, -0.1) is 16.4 Å². The molecule has 1 atom stereocenters. The largest absolute Gasteiger partial charge is 0.508 e. The van der Waals surface area contributed by atoms with Crippen LogP contribution in [-0.4, -0.2) is 32.2 Å². The number of thiophene rings is 1. The predicted octanol–water partition coefficient (Wildman–Crippen LogP) is 1.83. The monoisotopic (exact) mass is 397 g/mol. The lowest BCUT2D eigenvalue weighted by Gasteiger charge is -2.17. The molecule has 9 heteroatoms. The summed E-state index contributed by atoms with van der Waals surface area (Å²) in [6, 6.07) is 6.37. The summed E-state index contributed by atoms with van der Waals surface area (Å²) in [5.74, 6) is 0.288. The van der Waals surface area contributed by atoms with Gasteiger partial charge in [0.15, 0.2) is 4.83 Å². The number of nitrogens with zero attached hydrogens (tertiary/aromatic N) is 4. The minimum Gasteiger partial charge on any atom is -0.508 e. The highest BCUT2D eigenvalue weighted by Gasteiger charge is 2.24. The van der Waals surface area contributed by atoms with Crippen LogP contribution in [0.2, 0.25) is 0 Å². The molecule has 1 unspecified atom stereocenters. The van der Waals surface area contributed by atoms with Crippen molar-refractivity contribution in [3.8, 4) is 5.75 Å². The minimum atomic E-state index is -0.469. The molecule has 0 bridgehead atoms. The molecule has 144 valence electrons. The van der Waals surface area contributed by atoms with E-state index in [0.717, 1.165) is 35.1 Å². The fourth-order valence-electron chi connectivity index (χ4n) is 3.31. The summed E-state index contributed by atoms with van der Waals surface area (Å²) in [6.45, 7) is 1.95. The van der Waals surface area contributed by atoms with Gasteiger partial charge in [0.2, 0.25) is 0 Å². The van der Waals surface area contributed by atoms with Crippen LogP contribution in [0.1, 0.15) is 29.3 Å². The number of carbonyl (C=O) groups is 1. The van der Waals surface area contributed by atoms with Crippen molar-refractivity contribution < 1.29 is 9.90 Å². The summed E-state index contributed by atoms with van der Waals surface area (Å²) >= 11 is 1.53. The van der Waals surface area contributed by atoms with Gasteiger partial charge in [-0.05, 0) is 60.6 Å². The molecule has 0 radical (unpaired) electrons. The van der Waals surface area contributed by atoms with Crippen molar-refractivity contribution in [1.82, 2.24) is 20.4 Å². The summed E-state index contributed by atoms with van der Waals surface area (Å²) in [6.07, 6.45) is 4.32. The van der Waals surface area contributed by atoms with Crippen molar-refractivity contribution >= 4 is 33.7 Å². The molecule has 28 heavy (non-hydrogen) atoms. The Kier molecular flexibility index (Phi) is 4.91. The second-order valence-electron chi connectivity index (χ2n) is 6.97. The average molecular weight is 397 g/mol. The third kappa shape index (κ3) is 3.65. The Morgan fingerprint density at radius 3 is 3.00 bits per heavy atom. The molecule has 2 aromatic heterocycles. The van der Waals surface area contributed by atoms with E-state index in [1.54, 1.807) is 12.1 Å². The molecule has 3 aromatic rings. The first-order chi connectivity index (χ1) is 13.5. The molecule has 4 rings (SSSR count). The Morgan fingerprint density at radius 1 is 1.43 bits per heavy atom. The molecule has 0 aliphatic heterocycles. The number of nitrogens with one attached hydrogen (secondary N) is 1. The molecule has 0 saturated heterocycles. The second kappa shape index (κ2) is 7.51. The van der Waals surface area contributed by atoms with Gasteiger partial charge in [0, 0.05) is 4.88 Å². The van der Waals surface area contributed by atoms with E-state index in [-0.39, 0.29) is 17.9 Å². The first-order valence-electron chi connectivity index (χ1n) is 9.00. The van der Waals surface area contributed by atoms with Crippen LogP contribution in [0, 0.1) is 5.92 Å². The summed E-state index contributed by atoms with van der Waals surface area (Å²) < 4.78 is 1.08. The summed E-state index contributed by atoms with van der Waals surface area (Å²) in [7, 11) is 0. The van der Waals surface area contributed by atoms with Gasteiger partial charge in [0.25, 0.3) is 11.5 Å². The number of phenolic OH excluding ortho intramolecular Hbond substituents is 1. The van der Waals surface area contributed by atoms with E-state index in [1.165, 1.54) is 34.6 Å². The molecule has 1 amide bonds. The Labute approximate surface area is 164 Å². The molecule has 1 aliphatic rings. The van der Waals surface area contributed by atoms with Crippen LogP contribution >= 0.6 is 11.3 Å². The number of hydrazone groups is 1. The standard InChI is InChI=1S/C19H19N5O3S/c1-11-2-7-14-15(8-11)28-18-17(14)19(27)24(23-22-18)10-16(26)21-20-9-12-3-5-13(25)6-4-12/h3-6,9,11,25H,2,7-8,10H2,1H3,(H,21,26)/b20-9-. The lowest BCUT2D eigenvalue weighted by molar-refractivity contribution is -0.121. The van der Waals surface area contributed by atoms with Gasteiger partial charge in [0.05, 0.1) is 11.6 Å². The van der Waals surface area contributed by atoms with Gasteiger partial charge in [-0.2, -0.15) is 5.10 Å². The van der Waals surface area contributed by atoms with E-state index in [1.807, 2.05) is 0 Å². The van der Waals surface area contributed by atoms with Crippen LogP contribution in [0.4, 0.5) is 0 Å². The first-order valence-corrected chi connectivity index (χ1v) is 9.82. The first kappa shape index (κ1) is 18.3. The van der Waals surface area contributed by atoms with Crippen LogP contribution in [0.15, 0.2) is 34.2 Å². The minimum absolute atomic E-state index is 0.152. The number of amides is 1. The van der Waals surface area contributed by atoms with E-state index in [4.69, 9.17) is 0 Å². The van der Waals surface area contributed by atoms with Gasteiger partial charge in [-0.3, -0.25) is 9.59 Å². The maximum atomic E-state index is 12.8. The highest BCUT2D eigenvalue weighted by Crippen LogP contribution is 2.35. The Balaban J connectivity index is 1.50. The van der Waals surface area contributed by atoms with Gasteiger partial charge >= 0.3 is 0 Å². The van der Waals surface area contributed by atoms with Crippen LogP contribution in [0.25, 0.3) is 10.2 Å². The van der Waals surface area contributed by atoms with E-state index in [9.17, 15) is 14.7 Å². The average Bonchev–Trinajstić information content (AvgIpc) is 3.04. The van der Waals surface area contributed by atoms with Crippen molar-refractivity contribution in [2.75, 3.05) is 0 Å². The topological polar surface area (TPSA) is 109 Å². The Hall–Kier alpha value is -3.07. The third-order valence-electron chi connectivity index (χ3n) is 4.77. The maximum absolute atomic E-state index is 12.8. The highest BCUT2D eigenvalue weighted by atomic mass is 32.1. The van der Waals surface area contributed by atoms with E-state index < -0.39 is 5.91 Å². The number of aromatic nitrogens is 3. The maximum Gasteiger partial charge on any atom is 0.279 e. The van der Waals surface area contributed by atoms with Crippen molar-refractivity contribution in [1.29, 1.82) is 0 Å². The number of aryl methyl sites for hydroxylation is 1. The smallest absolute Gasteiger partial charge is 0.279 e. The lowest BCUT2D eigenvalue weighted by Crippen LogP contribution is -2.32. The van der Waals surface area contributed by atoms with Gasteiger partial charge in [-0.25, -0.2) is 10.1 Å². The van der Waals surface area contributed by atoms with Crippen LogP contribution in [0.5, 0.6) is 5.75 Å². The summed E-state index contributed by atoms with van der Waals surface area (Å²) in [4.78, 5) is 26.8. The number of hydrogen-bond acceptors (Lipinski definition) is 7. The number of benzene rings is 1. The molecule has 0 spiro atoms. The Morgan fingerprint density at radius 2 is 2.21 bits per heavy atom.